The van der Waals surface area contributed by atoms with Crippen molar-refractivity contribution >= 4 is 34.8 Å². The van der Waals surface area contributed by atoms with E-state index in [9.17, 15) is 9.59 Å². The van der Waals surface area contributed by atoms with E-state index in [-0.39, 0.29) is 11.8 Å². The highest BCUT2D eigenvalue weighted by Gasteiger charge is 2.11. The van der Waals surface area contributed by atoms with E-state index >= 15 is 0 Å². The monoisotopic (exact) mass is 392 g/mol. The van der Waals surface area contributed by atoms with Gasteiger partial charge < -0.3 is 10.6 Å². The molecule has 0 aromatic heterocycles. The van der Waals surface area contributed by atoms with Crippen LogP contribution in [0.5, 0.6) is 0 Å². The van der Waals surface area contributed by atoms with Crippen molar-refractivity contribution in [3.8, 4) is 11.1 Å². The molecule has 3 aromatic rings. The minimum absolute atomic E-state index is 0.0707. The maximum atomic E-state index is 12.6. The first-order chi connectivity index (χ1) is 13.6. The number of benzene rings is 3. The van der Waals surface area contributed by atoms with Gasteiger partial charge in [-0.15, -0.1) is 0 Å². The number of hydrogen-bond donors (Lipinski definition) is 2. The van der Waals surface area contributed by atoms with E-state index in [1.54, 1.807) is 30.3 Å². The van der Waals surface area contributed by atoms with Gasteiger partial charge >= 0.3 is 0 Å². The highest BCUT2D eigenvalue weighted by molar-refractivity contribution is 6.34. The van der Waals surface area contributed by atoms with E-state index in [1.165, 1.54) is 0 Å². The van der Waals surface area contributed by atoms with E-state index in [2.05, 4.69) is 10.6 Å². The first kappa shape index (κ1) is 19.6. The number of amides is 2. The molecule has 2 amide bonds. The summed E-state index contributed by atoms with van der Waals surface area (Å²) in [5.41, 5.74) is 3.70. The van der Waals surface area contributed by atoms with Gasteiger partial charge in [-0.2, -0.15) is 0 Å². The predicted octanol–water partition coefficient (Wildman–Crippen LogP) is 6.00. The highest BCUT2D eigenvalue weighted by atomic mass is 35.5. The van der Waals surface area contributed by atoms with Crippen LogP contribution in [0.25, 0.3) is 11.1 Å². The lowest BCUT2D eigenvalue weighted by Gasteiger charge is -2.11. The third kappa shape index (κ3) is 4.99. The summed E-state index contributed by atoms with van der Waals surface area (Å²) in [5.74, 6) is -0.336. The molecule has 0 aliphatic rings. The molecule has 0 fully saturated rings. The zero-order valence-corrected chi connectivity index (χ0v) is 16.3. The third-order valence-electron chi connectivity index (χ3n) is 4.23. The SMILES string of the molecule is CCCC(=O)Nc1ccc(Cl)c(NC(=O)c2ccc(-c3ccccc3)cc2)c1. The van der Waals surface area contributed by atoms with Crippen LogP contribution >= 0.6 is 11.6 Å². The van der Waals surface area contributed by atoms with Crippen LogP contribution in [-0.2, 0) is 4.79 Å². The molecule has 0 heterocycles. The summed E-state index contributed by atoms with van der Waals surface area (Å²) in [5, 5.41) is 6.01. The van der Waals surface area contributed by atoms with E-state index in [4.69, 9.17) is 11.6 Å². The van der Waals surface area contributed by atoms with Crippen molar-refractivity contribution in [2.24, 2.45) is 0 Å². The van der Waals surface area contributed by atoms with Gasteiger partial charge in [0.25, 0.3) is 5.91 Å². The molecule has 0 saturated heterocycles. The number of rotatable bonds is 6. The Labute approximate surface area is 169 Å². The van der Waals surface area contributed by atoms with Crippen LogP contribution in [0.4, 0.5) is 11.4 Å². The Morgan fingerprint density at radius 1 is 0.857 bits per heavy atom. The first-order valence-corrected chi connectivity index (χ1v) is 9.51. The molecule has 0 radical (unpaired) electrons. The Morgan fingerprint density at radius 3 is 2.21 bits per heavy atom. The Balaban J connectivity index is 1.73. The van der Waals surface area contributed by atoms with Crippen molar-refractivity contribution in [1.82, 2.24) is 0 Å². The van der Waals surface area contributed by atoms with Gasteiger partial charge in [-0.1, -0.05) is 61.0 Å². The van der Waals surface area contributed by atoms with Crippen molar-refractivity contribution in [3.05, 3.63) is 83.4 Å². The van der Waals surface area contributed by atoms with Gasteiger partial charge in [0.15, 0.2) is 0 Å². The molecule has 0 bridgehead atoms. The predicted molar refractivity (Wildman–Crippen MR) is 115 cm³/mol. The maximum Gasteiger partial charge on any atom is 0.255 e. The molecule has 142 valence electrons. The fourth-order valence-electron chi connectivity index (χ4n) is 2.79. The molecule has 3 rings (SSSR count). The Bertz CT molecular complexity index is 970. The number of hydrogen-bond acceptors (Lipinski definition) is 2. The average molecular weight is 393 g/mol. The number of carbonyl (C=O) groups is 2. The lowest BCUT2D eigenvalue weighted by atomic mass is 10.0. The minimum Gasteiger partial charge on any atom is -0.326 e. The third-order valence-corrected chi connectivity index (χ3v) is 4.56. The summed E-state index contributed by atoms with van der Waals surface area (Å²) in [7, 11) is 0. The highest BCUT2D eigenvalue weighted by Crippen LogP contribution is 2.27. The lowest BCUT2D eigenvalue weighted by molar-refractivity contribution is -0.116. The van der Waals surface area contributed by atoms with Crippen molar-refractivity contribution < 1.29 is 9.59 Å². The summed E-state index contributed by atoms with van der Waals surface area (Å²) in [4.78, 5) is 24.4. The maximum absolute atomic E-state index is 12.6. The Hall–Kier alpha value is -3.11. The molecule has 5 heteroatoms. The molecular weight excluding hydrogens is 372 g/mol. The van der Waals surface area contributed by atoms with Gasteiger partial charge in [0, 0.05) is 17.7 Å². The van der Waals surface area contributed by atoms with Crippen LogP contribution in [0.15, 0.2) is 72.8 Å². The minimum atomic E-state index is -0.265. The van der Waals surface area contributed by atoms with Gasteiger partial charge in [-0.3, -0.25) is 9.59 Å². The van der Waals surface area contributed by atoms with Crippen molar-refractivity contribution in [3.63, 3.8) is 0 Å². The standard InChI is InChI=1S/C23H21ClN2O2/c1-2-6-22(27)25-19-13-14-20(24)21(15-19)26-23(28)18-11-9-17(10-12-18)16-7-4-3-5-8-16/h3-5,7-15H,2,6H2,1H3,(H,25,27)(H,26,28). The van der Waals surface area contributed by atoms with Crippen molar-refractivity contribution in [2.75, 3.05) is 10.6 Å². The summed E-state index contributed by atoms with van der Waals surface area (Å²) in [6.45, 7) is 1.94. The average Bonchev–Trinajstić information content (AvgIpc) is 2.71. The molecule has 2 N–H and O–H groups in total. The van der Waals surface area contributed by atoms with Crippen LogP contribution in [-0.4, -0.2) is 11.8 Å². The second kappa shape index (κ2) is 9.20. The van der Waals surface area contributed by atoms with E-state index < -0.39 is 0 Å². The number of carbonyl (C=O) groups excluding carboxylic acids is 2. The molecule has 0 aliphatic heterocycles. The summed E-state index contributed by atoms with van der Waals surface area (Å²) in [6.07, 6.45) is 1.21. The van der Waals surface area contributed by atoms with Crippen LogP contribution in [0.1, 0.15) is 30.1 Å². The molecule has 0 atom stereocenters. The molecule has 0 aliphatic carbocycles. The van der Waals surface area contributed by atoms with E-state index in [1.807, 2.05) is 49.4 Å². The summed E-state index contributed by atoms with van der Waals surface area (Å²) < 4.78 is 0. The fourth-order valence-corrected chi connectivity index (χ4v) is 2.95. The zero-order valence-electron chi connectivity index (χ0n) is 15.5. The normalized spacial score (nSPS) is 10.4. The second-order valence-electron chi connectivity index (χ2n) is 6.39. The van der Waals surface area contributed by atoms with Crippen molar-refractivity contribution in [2.45, 2.75) is 19.8 Å². The Morgan fingerprint density at radius 2 is 1.54 bits per heavy atom. The van der Waals surface area contributed by atoms with Crippen LogP contribution in [0.3, 0.4) is 0 Å². The number of halogens is 1. The summed E-state index contributed by atoms with van der Waals surface area (Å²) in [6, 6.07) is 22.4. The molecule has 4 nitrogen and oxygen atoms in total. The smallest absolute Gasteiger partial charge is 0.255 e. The quantitative estimate of drug-likeness (QED) is 0.540. The Kier molecular flexibility index (Phi) is 6.45. The lowest BCUT2D eigenvalue weighted by Crippen LogP contribution is -2.14. The van der Waals surface area contributed by atoms with Crippen LogP contribution in [0, 0.1) is 0 Å². The van der Waals surface area contributed by atoms with Gasteiger partial charge in [0.1, 0.15) is 0 Å². The summed E-state index contributed by atoms with van der Waals surface area (Å²) >= 11 is 6.20. The fraction of sp³-hybridized carbons (Fsp3) is 0.130. The van der Waals surface area contributed by atoms with Gasteiger partial charge in [-0.25, -0.2) is 0 Å². The first-order valence-electron chi connectivity index (χ1n) is 9.13. The molecule has 0 saturated carbocycles. The molecule has 3 aromatic carbocycles. The van der Waals surface area contributed by atoms with Crippen LogP contribution in [0.2, 0.25) is 5.02 Å². The van der Waals surface area contributed by atoms with Gasteiger partial charge in [-0.05, 0) is 47.9 Å². The molecule has 0 unspecified atom stereocenters. The molecule has 28 heavy (non-hydrogen) atoms. The van der Waals surface area contributed by atoms with Crippen molar-refractivity contribution in [1.29, 1.82) is 0 Å². The number of nitrogens with one attached hydrogen (secondary N) is 2. The number of anilines is 2. The van der Waals surface area contributed by atoms with Gasteiger partial charge in [0.2, 0.25) is 5.91 Å². The molecular formula is C23H21ClN2O2. The second-order valence-corrected chi connectivity index (χ2v) is 6.80. The zero-order chi connectivity index (χ0) is 19.9. The van der Waals surface area contributed by atoms with Gasteiger partial charge in [0.05, 0.1) is 10.7 Å². The van der Waals surface area contributed by atoms with Crippen LogP contribution < -0.4 is 10.6 Å². The molecule has 0 spiro atoms. The van der Waals surface area contributed by atoms with E-state index in [0.717, 1.165) is 17.5 Å². The largest absolute Gasteiger partial charge is 0.326 e. The van der Waals surface area contributed by atoms with E-state index in [0.29, 0.717) is 28.4 Å². The topological polar surface area (TPSA) is 58.2 Å².